The molecule has 0 amide bonds. The van der Waals surface area contributed by atoms with Crippen LogP contribution < -0.4 is 5.56 Å². The number of aromatic nitrogens is 3. The summed E-state index contributed by atoms with van der Waals surface area (Å²) < 4.78 is 23.3. The van der Waals surface area contributed by atoms with Crippen molar-refractivity contribution >= 4 is 21.2 Å². The van der Waals surface area contributed by atoms with Crippen LogP contribution in [0, 0.1) is 0 Å². The number of hydrogen-bond acceptors (Lipinski definition) is 7. The Morgan fingerprint density at radius 2 is 2.15 bits per heavy atom. The maximum atomic E-state index is 12.3. The van der Waals surface area contributed by atoms with E-state index < -0.39 is 9.84 Å². The number of thiophene rings is 1. The van der Waals surface area contributed by atoms with E-state index in [1.54, 1.807) is 11.3 Å². The standard InChI is InChI=1S/C18H18N4O3S2/c1-27(24,25)18-20-16-4-6-22(10-14(16)17(23)21-18)9-12-2-3-15(19-8-12)13-5-7-26-11-13/h2-3,5,7-8,11H,4,6,9-10H2,1H3,(H,20,21,23). The first-order valence-electron chi connectivity index (χ1n) is 8.42. The molecule has 1 N–H and O–H groups in total. The Labute approximate surface area is 160 Å². The molecule has 0 saturated heterocycles. The first-order valence-corrected chi connectivity index (χ1v) is 11.3. The number of H-pyrrole nitrogens is 1. The summed E-state index contributed by atoms with van der Waals surface area (Å²) in [6, 6.07) is 6.09. The Bertz CT molecular complexity index is 1120. The normalized spacial score (nSPS) is 14.9. The van der Waals surface area contributed by atoms with Crippen LogP contribution in [0.2, 0.25) is 0 Å². The zero-order valence-electron chi connectivity index (χ0n) is 14.7. The summed E-state index contributed by atoms with van der Waals surface area (Å²) in [7, 11) is -3.53. The van der Waals surface area contributed by atoms with E-state index in [0.29, 0.717) is 37.3 Å². The predicted octanol–water partition coefficient (Wildman–Crippen LogP) is 1.86. The van der Waals surface area contributed by atoms with Gasteiger partial charge in [-0.3, -0.25) is 19.7 Å². The zero-order valence-corrected chi connectivity index (χ0v) is 16.3. The zero-order chi connectivity index (χ0) is 19.0. The second-order valence-electron chi connectivity index (χ2n) is 6.59. The fraction of sp³-hybridized carbons (Fsp3) is 0.278. The van der Waals surface area contributed by atoms with Gasteiger partial charge in [0.05, 0.1) is 17.0 Å². The van der Waals surface area contributed by atoms with Crippen LogP contribution in [0.1, 0.15) is 16.8 Å². The molecule has 1 aliphatic rings. The van der Waals surface area contributed by atoms with Crippen LogP contribution >= 0.6 is 11.3 Å². The third-order valence-electron chi connectivity index (χ3n) is 4.53. The first-order chi connectivity index (χ1) is 12.9. The van der Waals surface area contributed by atoms with Crippen molar-refractivity contribution in [3.05, 3.63) is 62.3 Å². The van der Waals surface area contributed by atoms with Crippen molar-refractivity contribution in [2.75, 3.05) is 12.8 Å². The minimum atomic E-state index is -3.53. The minimum Gasteiger partial charge on any atom is -0.297 e. The molecular formula is C18H18N4O3S2. The summed E-state index contributed by atoms with van der Waals surface area (Å²) in [6.45, 7) is 1.82. The number of aromatic amines is 1. The summed E-state index contributed by atoms with van der Waals surface area (Å²) >= 11 is 1.64. The van der Waals surface area contributed by atoms with Crippen LogP contribution in [0.4, 0.5) is 0 Å². The van der Waals surface area contributed by atoms with Crippen LogP contribution in [-0.4, -0.2) is 41.1 Å². The maximum absolute atomic E-state index is 12.3. The summed E-state index contributed by atoms with van der Waals surface area (Å²) in [5.41, 5.74) is 3.85. The van der Waals surface area contributed by atoms with Crippen molar-refractivity contribution in [3.63, 3.8) is 0 Å². The number of nitrogens with one attached hydrogen (secondary N) is 1. The van der Waals surface area contributed by atoms with E-state index in [0.717, 1.165) is 23.1 Å². The van der Waals surface area contributed by atoms with E-state index in [1.807, 2.05) is 29.8 Å². The highest BCUT2D eigenvalue weighted by atomic mass is 32.2. The van der Waals surface area contributed by atoms with Crippen molar-refractivity contribution in [1.29, 1.82) is 0 Å². The van der Waals surface area contributed by atoms with Gasteiger partial charge in [-0.1, -0.05) is 6.07 Å². The lowest BCUT2D eigenvalue weighted by Gasteiger charge is -2.27. The SMILES string of the molecule is CS(=O)(=O)c1nc2c(c(=O)[nH]1)CN(Cc1ccc(-c3ccsc3)nc1)CC2. The molecule has 27 heavy (non-hydrogen) atoms. The van der Waals surface area contributed by atoms with Gasteiger partial charge in [-0.25, -0.2) is 13.4 Å². The van der Waals surface area contributed by atoms with E-state index in [1.165, 1.54) is 0 Å². The van der Waals surface area contributed by atoms with Gasteiger partial charge >= 0.3 is 0 Å². The van der Waals surface area contributed by atoms with Crippen molar-refractivity contribution in [3.8, 4) is 11.3 Å². The highest BCUT2D eigenvalue weighted by molar-refractivity contribution is 7.90. The van der Waals surface area contributed by atoms with Crippen molar-refractivity contribution in [2.45, 2.75) is 24.7 Å². The van der Waals surface area contributed by atoms with E-state index in [2.05, 4.69) is 25.2 Å². The highest BCUT2D eigenvalue weighted by Gasteiger charge is 2.23. The molecule has 140 valence electrons. The van der Waals surface area contributed by atoms with Gasteiger partial charge in [0, 0.05) is 49.5 Å². The highest BCUT2D eigenvalue weighted by Crippen LogP contribution is 2.21. The van der Waals surface area contributed by atoms with Crippen LogP contribution in [0.5, 0.6) is 0 Å². The molecule has 0 atom stereocenters. The molecule has 0 bridgehead atoms. The molecule has 4 rings (SSSR count). The molecule has 0 radical (unpaired) electrons. The fourth-order valence-electron chi connectivity index (χ4n) is 3.13. The van der Waals surface area contributed by atoms with Crippen LogP contribution in [0.3, 0.4) is 0 Å². The molecular weight excluding hydrogens is 384 g/mol. The van der Waals surface area contributed by atoms with Crippen LogP contribution in [-0.2, 0) is 29.3 Å². The number of rotatable bonds is 4. The van der Waals surface area contributed by atoms with Crippen molar-refractivity contribution in [1.82, 2.24) is 19.9 Å². The second-order valence-corrected chi connectivity index (χ2v) is 9.30. The molecule has 3 aromatic heterocycles. The Hall–Kier alpha value is -2.36. The van der Waals surface area contributed by atoms with Crippen molar-refractivity contribution < 1.29 is 8.42 Å². The number of pyridine rings is 1. The monoisotopic (exact) mass is 402 g/mol. The third kappa shape index (κ3) is 3.85. The topological polar surface area (TPSA) is 96.0 Å². The lowest BCUT2D eigenvalue weighted by Crippen LogP contribution is -2.36. The second kappa shape index (κ2) is 6.99. The van der Waals surface area contributed by atoms with Gasteiger partial charge in [0.25, 0.3) is 5.56 Å². The lowest BCUT2D eigenvalue weighted by atomic mass is 10.1. The Morgan fingerprint density at radius 1 is 1.30 bits per heavy atom. The molecule has 9 heteroatoms. The van der Waals surface area contributed by atoms with E-state index in [-0.39, 0.29) is 10.7 Å². The summed E-state index contributed by atoms with van der Waals surface area (Å²) in [6.07, 6.45) is 3.44. The Morgan fingerprint density at radius 3 is 2.81 bits per heavy atom. The van der Waals surface area contributed by atoms with Gasteiger partial charge in [-0.15, -0.1) is 0 Å². The van der Waals surface area contributed by atoms with Gasteiger partial charge in [-0.2, -0.15) is 11.3 Å². The van der Waals surface area contributed by atoms with E-state index in [9.17, 15) is 13.2 Å². The molecule has 4 heterocycles. The number of nitrogens with zero attached hydrogens (tertiary/aromatic N) is 3. The maximum Gasteiger partial charge on any atom is 0.256 e. The lowest BCUT2D eigenvalue weighted by molar-refractivity contribution is 0.240. The quantitative estimate of drug-likeness (QED) is 0.669. The first kappa shape index (κ1) is 18.0. The van der Waals surface area contributed by atoms with Gasteiger partial charge in [0.1, 0.15) is 0 Å². The molecule has 0 spiro atoms. The van der Waals surface area contributed by atoms with Gasteiger partial charge < -0.3 is 0 Å². The summed E-state index contributed by atoms with van der Waals surface area (Å²) in [5.74, 6) is 0. The molecule has 1 aliphatic heterocycles. The fourth-order valence-corrected chi connectivity index (χ4v) is 4.33. The Balaban J connectivity index is 1.51. The summed E-state index contributed by atoms with van der Waals surface area (Å²) in [5, 5.41) is 3.83. The molecule has 0 saturated carbocycles. The minimum absolute atomic E-state index is 0.257. The van der Waals surface area contributed by atoms with Crippen molar-refractivity contribution in [2.24, 2.45) is 0 Å². The van der Waals surface area contributed by atoms with Gasteiger partial charge in [0.2, 0.25) is 15.0 Å². The number of sulfone groups is 1. The molecule has 0 aliphatic carbocycles. The predicted molar refractivity (Wildman–Crippen MR) is 103 cm³/mol. The molecule has 3 aromatic rings. The average Bonchev–Trinajstić information content (AvgIpc) is 3.16. The molecule has 0 fully saturated rings. The van der Waals surface area contributed by atoms with E-state index in [4.69, 9.17) is 0 Å². The third-order valence-corrected chi connectivity index (χ3v) is 6.10. The van der Waals surface area contributed by atoms with Gasteiger partial charge in [0.15, 0.2) is 0 Å². The van der Waals surface area contributed by atoms with Crippen LogP contribution in [0.15, 0.2) is 45.1 Å². The molecule has 0 unspecified atom stereocenters. The largest absolute Gasteiger partial charge is 0.297 e. The average molecular weight is 403 g/mol. The number of fused-ring (bicyclic) bond motifs is 1. The number of hydrogen-bond donors (Lipinski definition) is 1. The molecule has 0 aromatic carbocycles. The van der Waals surface area contributed by atoms with E-state index >= 15 is 0 Å². The van der Waals surface area contributed by atoms with Gasteiger partial charge in [-0.05, 0) is 23.1 Å². The summed E-state index contributed by atoms with van der Waals surface area (Å²) in [4.78, 5) is 25.5. The smallest absolute Gasteiger partial charge is 0.256 e. The molecule has 7 nitrogen and oxygen atoms in total. The Kier molecular flexibility index (Phi) is 4.67. The van der Waals surface area contributed by atoms with Crippen LogP contribution in [0.25, 0.3) is 11.3 Å².